The normalized spacial score (nSPS) is 17.2. The molecule has 31 heavy (non-hydrogen) atoms. The number of rotatable bonds is 5. The second-order valence-electron chi connectivity index (χ2n) is 7.85. The second kappa shape index (κ2) is 9.12. The fraction of sp³-hybridized carbons (Fsp3) is 0.292. The van der Waals surface area contributed by atoms with E-state index in [1.54, 1.807) is 11.1 Å². The lowest BCUT2D eigenvalue weighted by Crippen LogP contribution is -2.46. The SMILES string of the molecule is Cn1ccnc1[C@@H](NC(=O)[C@H]1CCCN(C(=O)c2ccc(F)cc2)C1)c1ccccc1. The van der Waals surface area contributed by atoms with Gasteiger partial charge in [-0.2, -0.15) is 0 Å². The molecule has 1 saturated heterocycles. The number of imidazole rings is 1. The highest BCUT2D eigenvalue weighted by Gasteiger charge is 2.31. The fourth-order valence-corrected chi connectivity index (χ4v) is 4.01. The third-order valence-corrected chi connectivity index (χ3v) is 5.71. The lowest BCUT2D eigenvalue weighted by atomic mass is 9.95. The summed E-state index contributed by atoms with van der Waals surface area (Å²) in [5.74, 6) is -0.234. The first kappa shape index (κ1) is 20.8. The van der Waals surface area contributed by atoms with E-state index in [-0.39, 0.29) is 29.6 Å². The average molecular weight is 420 g/mol. The molecule has 7 heteroatoms. The second-order valence-corrected chi connectivity index (χ2v) is 7.85. The van der Waals surface area contributed by atoms with Crippen LogP contribution in [-0.2, 0) is 11.8 Å². The van der Waals surface area contributed by atoms with E-state index in [9.17, 15) is 14.0 Å². The minimum absolute atomic E-state index is 0.103. The number of benzene rings is 2. The van der Waals surface area contributed by atoms with Crippen molar-refractivity contribution in [2.75, 3.05) is 13.1 Å². The van der Waals surface area contributed by atoms with Gasteiger partial charge < -0.3 is 14.8 Å². The molecule has 1 aromatic heterocycles. The van der Waals surface area contributed by atoms with E-state index >= 15 is 0 Å². The first-order chi connectivity index (χ1) is 15.0. The predicted molar refractivity (Wildman–Crippen MR) is 115 cm³/mol. The van der Waals surface area contributed by atoms with Crippen molar-refractivity contribution in [3.63, 3.8) is 0 Å². The Hall–Kier alpha value is -3.48. The Morgan fingerprint density at radius 3 is 2.55 bits per heavy atom. The van der Waals surface area contributed by atoms with Crippen molar-refractivity contribution in [1.82, 2.24) is 19.8 Å². The van der Waals surface area contributed by atoms with Gasteiger partial charge in [-0.3, -0.25) is 9.59 Å². The van der Waals surface area contributed by atoms with Crippen LogP contribution in [0.1, 0.15) is 40.6 Å². The van der Waals surface area contributed by atoms with Crippen LogP contribution in [0, 0.1) is 11.7 Å². The molecule has 1 aliphatic heterocycles. The highest BCUT2D eigenvalue weighted by molar-refractivity contribution is 5.94. The molecule has 0 saturated carbocycles. The summed E-state index contributed by atoms with van der Waals surface area (Å²) in [7, 11) is 1.90. The molecule has 0 bridgehead atoms. The molecule has 0 radical (unpaired) electrons. The van der Waals surface area contributed by atoms with E-state index < -0.39 is 0 Å². The number of aromatic nitrogens is 2. The number of carbonyl (C=O) groups excluding carboxylic acids is 2. The molecule has 2 amide bonds. The zero-order valence-corrected chi connectivity index (χ0v) is 17.4. The van der Waals surface area contributed by atoms with Crippen LogP contribution in [0.25, 0.3) is 0 Å². The van der Waals surface area contributed by atoms with Crippen LogP contribution in [0.4, 0.5) is 4.39 Å². The van der Waals surface area contributed by atoms with E-state index in [1.807, 2.05) is 48.1 Å². The number of piperidine rings is 1. The summed E-state index contributed by atoms with van der Waals surface area (Å²) < 4.78 is 15.1. The van der Waals surface area contributed by atoms with Crippen molar-refractivity contribution in [3.8, 4) is 0 Å². The Morgan fingerprint density at radius 2 is 1.87 bits per heavy atom. The largest absolute Gasteiger partial charge is 0.342 e. The van der Waals surface area contributed by atoms with Gasteiger partial charge >= 0.3 is 0 Å². The molecule has 160 valence electrons. The molecule has 1 fully saturated rings. The fourth-order valence-electron chi connectivity index (χ4n) is 4.01. The maximum Gasteiger partial charge on any atom is 0.253 e. The van der Waals surface area contributed by atoms with Gasteiger partial charge in [-0.25, -0.2) is 9.37 Å². The number of hydrogen-bond acceptors (Lipinski definition) is 3. The van der Waals surface area contributed by atoms with Crippen molar-refractivity contribution in [3.05, 3.63) is 89.8 Å². The molecule has 0 spiro atoms. The van der Waals surface area contributed by atoms with Gasteiger partial charge in [0.25, 0.3) is 5.91 Å². The molecule has 2 heterocycles. The Kier molecular flexibility index (Phi) is 6.11. The van der Waals surface area contributed by atoms with Crippen LogP contribution in [0.5, 0.6) is 0 Å². The molecule has 6 nitrogen and oxygen atoms in total. The topological polar surface area (TPSA) is 67.2 Å². The van der Waals surface area contributed by atoms with Gasteiger partial charge in [0.15, 0.2) is 0 Å². The quantitative estimate of drug-likeness (QED) is 0.689. The van der Waals surface area contributed by atoms with Gasteiger partial charge in [-0.15, -0.1) is 0 Å². The smallest absolute Gasteiger partial charge is 0.253 e. The number of aryl methyl sites for hydroxylation is 1. The molecule has 2 aromatic carbocycles. The van der Waals surface area contributed by atoms with Gasteiger partial charge in [0.1, 0.15) is 17.7 Å². The molecule has 1 aliphatic rings. The standard InChI is InChI=1S/C24H25FN4O2/c1-28-15-13-26-22(28)21(17-6-3-2-4-7-17)27-23(30)19-8-5-14-29(16-19)24(31)18-9-11-20(25)12-10-18/h2-4,6-7,9-13,15,19,21H,5,8,14,16H2,1H3,(H,27,30)/t19-,21-/m0/s1. The molecule has 0 unspecified atom stereocenters. The number of amides is 2. The number of likely N-dealkylation sites (tertiary alicyclic amines) is 1. The van der Waals surface area contributed by atoms with Crippen LogP contribution in [0.15, 0.2) is 67.0 Å². The van der Waals surface area contributed by atoms with E-state index in [4.69, 9.17) is 0 Å². The minimum atomic E-state index is -0.381. The van der Waals surface area contributed by atoms with Gasteiger partial charge in [0.05, 0.1) is 5.92 Å². The van der Waals surface area contributed by atoms with Crippen LogP contribution >= 0.6 is 0 Å². The van der Waals surface area contributed by atoms with E-state index in [2.05, 4.69) is 10.3 Å². The van der Waals surface area contributed by atoms with E-state index in [0.29, 0.717) is 25.1 Å². The first-order valence-corrected chi connectivity index (χ1v) is 10.4. The number of hydrogen-bond donors (Lipinski definition) is 1. The summed E-state index contributed by atoms with van der Waals surface area (Å²) in [4.78, 5) is 32.1. The molecular weight excluding hydrogens is 395 g/mol. The molecule has 1 N–H and O–H groups in total. The number of nitrogens with zero attached hydrogens (tertiary/aromatic N) is 3. The summed E-state index contributed by atoms with van der Waals surface area (Å²) in [6.45, 7) is 0.922. The summed E-state index contributed by atoms with van der Waals surface area (Å²) >= 11 is 0. The lowest BCUT2D eigenvalue weighted by Gasteiger charge is -2.33. The van der Waals surface area contributed by atoms with E-state index in [0.717, 1.165) is 17.8 Å². The highest BCUT2D eigenvalue weighted by atomic mass is 19.1. The molecule has 0 aliphatic carbocycles. The van der Waals surface area contributed by atoms with Crippen LogP contribution in [0.2, 0.25) is 0 Å². The lowest BCUT2D eigenvalue weighted by molar-refractivity contribution is -0.126. The van der Waals surface area contributed by atoms with Crippen molar-refractivity contribution >= 4 is 11.8 Å². The third-order valence-electron chi connectivity index (χ3n) is 5.71. The summed E-state index contributed by atoms with van der Waals surface area (Å²) in [6.07, 6.45) is 5.01. The summed E-state index contributed by atoms with van der Waals surface area (Å²) in [5, 5.41) is 3.14. The summed E-state index contributed by atoms with van der Waals surface area (Å²) in [5.41, 5.74) is 1.37. The van der Waals surface area contributed by atoms with Crippen LogP contribution in [0.3, 0.4) is 0 Å². The zero-order valence-electron chi connectivity index (χ0n) is 17.4. The molecule has 4 rings (SSSR count). The zero-order chi connectivity index (χ0) is 21.8. The Labute approximate surface area is 180 Å². The number of nitrogens with one attached hydrogen (secondary N) is 1. The highest BCUT2D eigenvalue weighted by Crippen LogP contribution is 2.24. The first-order valence-electron chi connectivity index (χ1n) is 10.4. The van der Waals surface area contributed by atoms with Gasteiger partial charge in [0, 0.05) is 38.1 Å². The monoisotopic (exact) mass is 420 g/mol. The van der Waals surface area contributed by atoms with Crippen molar-refractivity contribution in [2.45, 2.75) is 18.9 Å². The van der Waals surface area contributed by atoms with Crippen LogP contribution in [-0.4, -0.2) is 39.4 Å². The van der Waals surface area contributed by atoms with Gasteiger partial charge in [-0.1, -0.05) is 30.3 Å². The van der Waals surface area contributed by atoms with Gasteiger partial charge in [-0.05, 0) is 42.7 Å². The summed E-state index contributed by atoms with van der Waals surface area (Å²) in [6, 6.07) is 14.9. The van der Waals surface area contributed by atoms with Crippen molar-refractivity contribution < 1.29 is 14.0 Å². The minimum Gasteiger partial charge on any atom is -0.342 e. The average Bonchev–Trinajstić information content (AvgIpc) is 3.23. The van der Waals surface area contributed by atoms with Crippen molar-refractivity contribution in [2.24, 2.45) is 13.0 Å². The maximum atomic E-state index is 13.2. The van der Waals surface area contributed by atoms with Crippen LogP contribution < -0.4 is 5.32 Å². The van der Waals surface area contributed by atoms with Crippen molar-refractivity contribution in [1.29, 1.82) is 0 Å². The molecule has 3 aromatic rings. The number of halogens is 1. The molecule has 2 atom stereocenters. The molecular formula is C24H25FN4O2. The predicted octanol–water partition coefficient (Wildman–Crippen LogP) is 3.32. The van der Waals surface area contributed by atoms with E-state index in [1.165, 1.54) is 24.3 Å². The Morgan fingerprint density at radius 1 is 1.13 bits per heavy atom. The van der Waals surface area contributed by atoms with Gasteiger partial charge in [0.2, 0.25) is 5.91 Å². The third kappa shape index (κ3) is 4.66. The Bertz CT molecular complexity index is 1050. The Balaban J connectivity index is 1.49. The number of carbonyl (C=O) groups is 2. The maximum absolute atomic E-state index is 13.2.